The number of piperidine rings is 1. The van der Waals surface area contributed by atoms with Crippen molar-refractivity contribution in [3.05, 3.63) is 65.7 Å². The van der Waals surface area contributed by atoms with Gasteiger partial charge in [0, 0.05) is 31.2 Å². The molecule has 4 nitrogen and oxygen atoms in total. The SMILES string of the molecule is O=C(NC1CCN(Cc2ccccc2)CC1)c1cccc(OC(F)F)c1.[Cl-]. The quantitative estimate of drug-likeness (QED) is 0.782. The van der Waals surface area contributed by atoms with Crippen LogP contribution in [0.3, 0.4) is 0 Å². The van der Waals surface area contributed by atoms with E-state index in [0.717, 1.165) is 32.5 Å². The number of carbonyl (C=O) groups is 1. The highest BCUT2D eigenvalue weighted by molar-refractivity contribution is 5.94. The summed E-state index contributed by atoms with van der Waals surface area (Å²) in [6.07, 6.45) is 1.73. The molecule has 0 atom stereocenters. The maximum atomic E-state index is 12.4. The summed E-state index contributed by atoms with van der Waals surface area (Å²) >= 11 is 0. The molecule has 1 saturated heterocycles. The Kier molecular flexibility index (Phi) is 8.00. The Morgan fingerprint density at radius 3 is 2.48 bits per heavy atom. The lowest BCUT2D eigenvalue weighted by atomic mass is 10.0. The van der Waals surface area contributed by atoms with Crippen LogP contribution in [0.25, 0.3) is 0 Å². The van der Waals surface area contributed by atoms with Gasteiger partial charge in [-0.1, -0.05) is 36.4 Å². The van der Waals surface area contributed by atoms with Crippen molar-refractivity contribution in [2.75, 3.05) is 13.1 Å². The van der Waals surface area contributed by atoms with Crippen molar-refractivity contribution in [1.82, 2.24) is 10.2 Å². The summed E-state index contributed by atoms with van der Waals surface area (Å²) in [6, 6.07) is 16.3. The minimum atomic E-state index is -2.90. The van der Waals surface area contributed by atoms with Crippen LogP contribution in [0.15, 0.2) is 54.6 Å². The summed E-state index contributed by atoms with van der Waals surface area (Å²) in [6.45, 7) is -0.167. The summed E-state index contributed by atoms with van der Waals surface area (Å²) < 4.78 is 28.9. The molecule has 1 heterocycles. The highest BCUT2D eigenvalue weighted by Gasteiger charge is 2.21. The molecule has 146 valence electrons. The fraction of sp³-hybridized carbons (Fsp3) is 0.350. The molecule has 0 saturated carbocycles. The second-order valence-corrected chi connectivity index (χ2v) is 6.42. The third kappa shape index (κ3) is 6.48. The normalized spacial score (nSPS) is 15.2. The molecule has 0 bridgehead atoms. The molecule has 1 N–H and O–H groups in total. The number of halogens is 3. The van der Waals surface area contributed by atoms with Crippen LogP contribution in [-0.2, 0) is 6.54 Å². The Balaban J connectivity index is 0.00000261. The second-order valence-electron chi connectivity index (χ2n) is 6.42. The number of amides is 1. The molecule has 1 fully saturated rings. The van der Waals surface area contributed by atoms with Crippen molar-refractivity contribution in [3.63, 3.8) is 0 Å². The first-order chi connectivity index (χ1) is 12.6. The summed E-state index contributed by atoms with van der Waals surface area (Å²) in [5, 5.41) is 2.99. The number of carbonyl (C=O) groups excluding carboxylic acids is 1. The lowest BCUT2D eigenvalue weighted by Crippen LogP contribution is -3.00. The predicted molar refractivity (Wildman–Crippen MR) is 95.3 cm³/mol. The minimum Gasteiger partial charge on any atom is -1.00 e. The van der Waals surface area contributed by atoms with E-state index in [0.29, 0.717) is 5.56 Å². The van der Waals surface area contributed by atoms with E-state index in [1.54, 1.807) is 6.07 Å². The van der Waals surface area contributed by atoms with Gasteiger partial charge in [-0.15, -0.1) is 0 Å². The van der Waals surface area contributed by atoms with E-state index in [9.17, 15) is 13.6 Å². The van der Waals surface area contributed by atoms with Gasteiger partial charge in [-0.25, -0.2) is 0 Å². The van der Waals surface area contributed by atoms with Gasteiger partial charge in [0.2, 0.25) is 0 Å². The lowest BCUT2D eigenvalue weighted by Gasteiger charge is -2.32. The Bertz CT molecular complexity index is 723. The van der Waals surface area contributed by atoms with E-state index in [-0.39, 0.29) is 30.1 Å². The first kappa shape index (κ1) is 21.1. The highest BCUT2D eigenvalue weighted by atomic mass is 35.5. The molecular formula is C20H22ClF2N2O2-. The zero-order valence-corrected chi connectivity index (χ0v) is 15.5. The molecule has 1 aliphatic heterocycles. The Morgan fingerprint density at radius 2 is 1.81 bits per heavy atom. The average molecular weight is 396 g/mol. The zero-order chi connectivity index (χ0) is 18.4. The largest absolute Gasteiger partial charge is 1.00 e. The number of rotatable bonds is 6. The summed E-state index contributed by atoms with van der Waals surface area (Å²) in [4.78, 5) is 14.7. The van der Waals surface area contributed by atoms with Gasteiger partial charge in [-0.05, 0) is 36.6 Å². The van der Waals surface area contributed by atoms with Gasteiger partial charge in [0.1, 0.15) is 5.75 Å². The van der Waals surface area contributed by atoms with Crippen LogP contribution in [0.2, 0.25) is 0 Å². The first-order valence-electron chi connectivity index (χ1n) is 8.72. The van der Waals surface area contributed by atoms with E-state index in [1.165, 1.54) is 23.8 Å². The lowest BCUT2D eigenvalue weighted by molar-refractivity contribution is -0.0499. The van der Waals surface area contributed by atoms with Gasteiger partial charge in [-0.2, -0.15) is 8.78 Å². The topological polar surface area (TPSA) is 41.6 Å². The maximum Gasteiger partial charge on any atom is 0.387 e. The van der Waals surface area contributed by atoms with Gasteiger partial charge >= 0.3 is 6.61 Å². The van der Waals surface area contributed by atoms with Gasteiger partial charge in [0.25, 0.3) is 5.91 Å². The number of nitrogens with one attached hydrogen (secondary N) is 1. The number of hydrogen-bond acceptors (Lipinski definition) is 3. The Hall–Kier alpha value is -2.18. The number of benzene rings is 2. The molecule has 27 heavy (non-hydrogen) atoms. The van der Waals surface area contributed by atoms with Gasteiger partial charge in [0.05, 0.1) is 0 Å². The van der Waals surface area contributed by atoms with Gasteiger partial charge in [0.15, 0.2) is 0 Å². The van der Waals surface area contributed by atoms with E-state index < -0.39 is 6.61 Å². The highest BCUT2D eigenvalue weighted by Crippen LogP contribution is 2.18. The fourth-order valence-corrected chi connectivity index (χ4v) is 3.16. The van der Waals surface area contributed by atoms with E-state index in [1.807, 2.05) is 18.2 Å². The summed E-state index contributed by atoms with van der Waals surface area (Å²) in [5.74, 6) is -0.267. The van der Waals surface area contributed by atoms with Crippen LogP contribution in [0, 0.1) is 0 Å². The number of ether oxygens (including phenoxy) is 1. The molecule has 0 spiro atoms. The average Bonchev–Trinajstić information content (AvgIpc) is 2.64. The molecule has 0 aromatic heterocycles. The number of nitrogens with zero attached hydrogens (tertiary/aromatic N) is 1. The summed E-state index contributed by atoms with van der Waals surface area (Å²) in [7, 11) is 0. The molecular weight excluding hydrogens is 374 g/mol. The van der Waals surface area contributed by atoms with Crippen LogP contribution in [0.5, 0.6) is 5.75 Å². The maximum absolute atomic E-state index is 12.4. The third-order valence-corrected chi connectivity index (χ3v) is 4.49. The smallest absolute Gasteiger partial charge is 0.387 e. The van der Waals surface area contributed by atoms with Crippen molar-refractivity contribution in [2.45, 2.75) is 32.0 Å². The minimum absolute atomic E-state index is 0. The van der Waals surface area contributed by atoms with Crippen LogP contribution in [0.4, 0.5) is 8.78 Å². The molecule has 0 radical (unpaired) electrons. The molecule has 3 rings (SSSR count). The third-order valence-electron chi connectivity index (χ3n) is 4.49. The second kappa shape index (κ2) is 10.2. The van der Waals surface area contributed by atoms with Crippen LogP contribution in [-0.4, -0.2) is 36.5 Å². The predicted octanol–water partition coefficient (Wildman–Crippen LogP) is 0.686. The van der Waals surface area contributed by atoms with Crippen LogP contribution >= 0.6 is 0 Å². The van der Waals surface area contributed by atoms with Gasteiger partial charge in [-0.3, -0.25) is 9.69 Å². The zero-order valence-electron chi connectivity index (χ0n) is 14.8. The monoisotopic (exact) mass is 395 g/mol. The molecule has 0 aliphatic carbocycles. The van der Waals surface area contributed by atoms with Crippen molar-refractivity contribution in [3.8, 4) is 5.75 Å². The number of hydrogen-bond donors (Lipinski definition) is 1. The van der Waals surface area contributed by atoms with Crippen molar-refractivity contribution >= 4 is 5.91 Å². The molecule has 2 aromatic rings. The van der Waals surface area contributed by atoms with Gasteiger partial charge < -0.3 is 22.5 Å². The van der Waals surface area contributed by atoms with Crippen LogP contribution in [0.1, 0.15) is 28.8 Å². The van der Waals surface area contributed by atoms with Crippen molar-refractivity contribution in [2.24, 2.45) is 0 Å². The standard InChI is InChI=1S/C20H22F2N2O2.ClH/c21-20(22)26-18-8-4-7-16(13-18)19(25)23-17-9-11-24(12-10-17)14-15-5-2-1-3-6-15;/h1-8,13,17,20H,9-12,14H2,(H,23,25);1H/p-1. The first-order valence-corrected chi connectivity index (χ1v) is 8.72. The number of likely N-dealkylation sites (tertiary alicyclic amines) is 1. The Labute approximate surface area is 163 Å². The molecule has 0 unspecified atom stereocenters. The summed E-state index contributed by atoms with van der Waals surface area (Å²) in [5.41, 5.74) is 1.61. The molecule has 1 amide bonds. The molecule has 1 aliphatic rings. The van der Waals surface area contributed by atoms with Crippen LogP contribution < -0.4 is 22.5 Å². The molecule has 2 aromatic carbocycles. The van der Waals surface area contributed by atoms with E-state index in [2.05, 4.69) is 27.1 Å². The fourth-order valence-electron chi connectivity index (χ4n) is 3.16. The number of alkyl halides is 2. The van der Waals surface area contributed by atoms with E-state index >= 15 is 0 Å². The van der Waals surface area contributed by atoms with Crippen molar-refractivity contribution < 1.29 is 30.7 Å². The Morgan fingerprint density at radius 1 is 1.11 bits per heavy atom. The van der Waals surface area contributed by atoms with E-state index in [4.69, 9.17) is 0 Å². The molecule has 7 heteroatoms. The van der Waals surface area contributed by atoms with Crippen molar-refractivity contribution in [1.29, 1.82) is 0 Å².